The second-order valence-electron chi connectivity index (χ2n) is 5.15. The molecule has 0 aromatic rings. The largest absolute Gasteiger partial charge is 0.355 e. The molecule has 1 saturated heterocycles. The molecule has 0 radical (unpaired) electrons. The predicted octanol–water partition coefficient (Wildman–Crippen LogP) is 1.22. The molecule has 0 spiro atoms. The van der Waals surface area contributed by atoms with Crippen molar-refractivity contribution in [3.05, 3.63) is 0 Å². The second-order valence-corrected chi connectivity index (χ2v) is 5.95. The minimum Gasteiger partial charge on any atom is -0.355 e. The Balaban J connectivity index is 2.19. The van der Waals surface area contributed by atoms with Crippen molar-refractivity contribution in [2.75, 3.05) is 44.6 Å². The summed E-state index contributed by atoms with van der Waals surface area (Å²) in [5.41, 5.74) is 0. The number of unbranched alkanes of at least 4 members (excludes halogenated alkanes) is 1. The minimum atomic E-state index is 0.0870. The SMILES string of the molecule is CCCNC(=O)CN1CCN(C(=O)CCCCBr)CC1. The van der Waals surface area contributed by atoms with Crippen molar-refractivity contribution < 1.29 is 9.59 Å². The van der Waals surface area contributed by atoms with Crippen LogP contribution < -0.4 is 5.32 Å². The van der Waals surface area contributed by atoms with E-state index in [1.165, 1.54) is 0 Å². The smallest absolute Gasteiger partial charge is 0.234 e. The van der Waals surface area contributed by atoms with Gasteiger partial charge in [-0.1, -0.05) is 22.9 Å². The normalized spacial score (nSPS) is 16.2. The highest BCUT2D eigenvalue weighted by molar-refractivity contribution is 9.09. The van der Waals surface area contributed by atoms with Crippen LogP contribution in [-0.2, 0) is 9.59 Å². The van der Waals surface area contributed by atoms with Gasteiger partial charge < -0.3 is 10.2 Å². The fourth-order valence-corrected chi connectivity index (χ4v) is 2.60. The molecule has 0 aromatic carbocycles. The van der Waals surface area contributed by atoms with Gasteiger partial charge in [-0.05, 0) is 19.3 Å². The molecule has 0 aromatic heterocycles. The monoisotopic (exact) mass is 347 g/mol. The number of piperazine rings is 1. The van der Waals surface area contributed by atoms with Crippen LogP contribution >= 0.6 is 15.9 Å². The third-order valence-corrected chi connectivity index (χ3v) is 4.00. The molecule has 1 N–H and O–H groups in total. The molecule has 0 aliphatic carbocycles. The zero-order chi connectivity index (χ0) is 14.8. The number of hydrogen-bond donors (Lipinski definition) is 1. The number of carbonyl (C=O) groups excluding carboxylic acids is 2. The average Bonchev–Trinajstić information content (AvgIpc) is 2.46. The van der Waals surface area contributed by atoms with E-state index in [1.807, 2.05) is 11.8 Å². The van der Waals surface area contributed by atoms with E-state index in [9.17, 15) is 9.59 Å². The molecule has 2 amide bonds. The van der Waals surface area contributed by atoms with Crippen LogP contribution in [0.25, 0.3) is 0 Å². The standard InChI is InChI=1S/C14H26BrN3O2/c1-2-7-16-13(19)12-17-8-10-18(11-9-17)14(20)5-3-4-6-15/h2-12H2,1H3,(H,16,19). The van der Waals surface area contributed by atoms with Gasteiger partial charge in [0.2, 0.25) is 11.8 Å². The summed E-state index contributed by atoms with van der Waals surface area (Å²) in [4.78, 5) is 27.6. The molecule has 0 saturated carbocycles. The van der Waals surface area contributed by atoms with Crippen LogP contribution in [0.2, 0.25) is 0 Å². The minimum absolute atomic E-state index is 0.0870. The summed E-state index contributed by atoms with van der Waals surface area (Å²) < 4.78 is 0. The lowest BCUT2D eigenvalue weighted by molar-refractivity contribution is -0.133. The van der Waals surface area contributed by atoms with Crippen LogP contribution in [0.3, 0.4) is 0 Å². The van der Waals surface area contributed by atoms with Crippen molar-refractivity contribution in [3.63, 3.8) is 0 Å². The summed E-state index contributed by atoms with van der Waals surface area (Å²) in [5, 5.41) is 3.84. The lowest BCUT2D eigenvalue weighted by Crippen LogP contribution is -2.51. The molecule has 20 heavy (non-hydrogen) atoms. The van der Waals surface area contributed by atoms with Gasteiger partial charge in [-0.2, -0.15) is 0 Å². The number of nitrogens with zero attached hydrogens (tertiary/aromatic N) is 2. The molecule has 1 aliphatic heterocycles. The van der Waals surface area contributed by atoms with Crippen LogP contribution in [0.15, 0.2) is 0 Å². The van der Waals surface area contributed by atoms with E-state index in [-0.39, 0.29) is 11.8 Å². The Hall–Kier alpha value is -0.620. The maximum absolute atomic E-state index is 12.0. The topological polar surface area (TPSA) is 52.7 Å². The van der Waals surface area contributed by atoms with Gasteiger partial charge in [0, 0.05) is 44.5 Å². The van der Waals surface area contributed by atoms with Crippen LogP contribution in [0.5, 0.6) is 0 Å². The number of alkyl halides is 1. The first-order chi connectivity index (χ1) is 9.67. The van der Waals surface area contributed by atoms with Crippen LogP contribution in [0.1, 0.15) is 32.6 Å². The van der Waals surface area contributed by atoms with Crippen LogP contribution in [0, 0.1) is 0 Å². The van der Waals surface area contributed by atoms with Gasteiger partial charge in [0.05, 0.1) is 6.54 Å². The van der Waals surface area contributed by atoms with E-state index in [0.717, 1.165) is 57.3 Å². The number of nitrogens with one attached hydrogen (secondary N) is 1. The zero-order valence-electron chi connectivity index (χ0n) is 12.4. The lowest BCUT2D eigenvalue weighted by atomic mass is 10.2. The molecule has 1 rings (SSSR count). The summed E-state index contributed by atoms with van der Waals surface area (Å²) in [7, 11) is 0. The van der Waals surface area contributed by atoms with Crippen molar-refractivity contribution in [1.82, 2.24) is 15.1 Å². The highest BCUT2D eigenvalue weighted by Crippen LogP contribution is 2.07. The maximum atomic E-state index is 12.0. The van der Waals surface area contributed by atoms with Gasteiger partial charge in [-0.15, -0.1) is 0 Å². The molecular weight excluding hydrogens is 322 g/mol. The Morgan fingerprint density at radius 2 is 1.85 bits per heavy atom. The second kappa shape index (κ2) is 10.2. The third-order valence-electron chi connectivity index (χ3n) is 3.44. The Kier molecular flexibility index (Phi) is 8.85. The molecule has 116 valence electrons. The molecule has 1 aliphatic rings. The molecule has 1 fully saturated rings. The lowest BCUT2D eigenvalue weighted by Gasteiger charge is -2.34. The Bertz CT molecular complexity index is 305. The Labute approximate surface area is 130 Å². The third kappa shape index (κ3) is 6.70. The van der Waals surface area contributed by atoms with E-state index in [0.29, 0.717) is 13.0 Å². The van der Waals surface area contributed by atoms with Gasteiger partial charge in [-0.3, -0.25) is 14.5 Å². The summed E-state index contributed by atoms with van der Waals surface area (Å²) in [5.74, 6) is 0.338. The fourth-order valence-electron chi connectivity index (χ4n) is 2.21. The summed E-state index contributed by atoms with van der Waals surface area (Å²) in [6.07, 6.45) is 3.60. The summed E-state index contributed by atoms with van der Waals surface area (Å²) in [6, 6.07) is 0. The number of hydrogen-bond acceptors (Lipinski definition) is 3. The van der Waals surface area contributed by atoms with Crippen LogP contribution in [-0.4, -0.2) is 66.2 Å². The fraction of sp³-hybridized carbons (Fsp3) is 0.857. The van der Waals surface area contributed by atoms with Crippen molar-refractivity contribution >= 4 is 27.7 Å². The molecule has 6 heteroatoms. The molecular formula is C14H26BrN3O2. The van der Waals surface area contributed by atoms with Crippen LogP contribution in [0.4, 0.5) is 0 Å². The average molecular weight is 348 g/mol. The van der Waals surface area contributed by atoms with E-state index in [2.05, 4.69) is 26.1 Å². The predicted molar refractivity (Wildman–Crippen MR) is 84.0 cm³/mol. The quantitative estimate of drug-likeness (QED) is 0.530. The molecule has 0 atom stereocenters. The van der Waals surface area contributed by atoms with E-state index in [1.54, 1.807) is 0 Å². The van der Waals surface area contributed by atoms with Gasteiger partial charge >= 0.3 is 0 Å². The van der Waals surface area contributed by atoms with E-state index >= 15 is 0 Å². The summed E-state index contributed by atoms with van der Waals surface area (Å²) >= 11 is 3.37. The van der Waals surface area contributed by atoms with Crippen molar-refractivity contribution in [2.24, 2.45) is 0 Å². The van der Waals surface area contributed by atoms with Crippen molar-refractivity contribution in [2.45, 2.75) is 32.6 Å². The Morgan fingerprint density at radius 1 is 1.15 bits per heavy atom. The van der Waals surface area contributed by atoms with E-state index < -0.39 is 0 Å². The molecule has 5 nitrogen and oxygen atoms in total. The highest BCUT2D eigenvalue weighted by atomic mass is 79.9. The van der Waals surface area contributed by atoms with Gasteiger partial charge in [0.15, 0.2) is 0 Å². The number of carbonyl (C=O) groups is 2. The maximum Gasteiger partial charge on any atom is 0.234 e. The Morgan fingerprint density at radius 3 is 2.45 bits per heavy atom. The highest BCUT2D eigenvalue weighted by Gasteiger charge is 2.21. The molecule has 0 unspecified atom stereocenters. The molecule has 1 heterocycles. The first-order valence-corrected chi connectivity index (χ1v) is 8.62. The van der Waals surface area contributed by atoms with E-state index in [4.69, 9.17) is 0 Å². The van der Waals surface area contributed by atoms with Gasteiger partial charge in [-0.25, -0.2) is 0 Å². The zero-order valence-corrected chi connectivity index (χ0v) is 14.0. The first-order valence-electron chi connectivity index (χ1n) is 7.50. The van der Waals surface area contributed by atoms with Crippen molar-refractivity contribution in [3.8, 4) is 0 Å². The number of amides is 2. The van der Waals surface area contributed by atoms with Crippen molar-refractivity contribution in [1.29, 1.82) is 0 Å². The van der Waals surface area contributed by atoms with Gasteiger partial charge in [0.1, 0.15) is 0 Å². The van der Waals surface area contributed by atoms with Gasteiger partial charge in [0.25, 0.3) is 0 Å². The number of rotatable bonds is 8. The first kappa shape index (κ1) is 17.4. The summed E-state index contributed by atoms with van der Waals surface area (Å²) in [6.45, 7) is 6.31. The number of halogens is 1. The molecule has 0 bridgehead atoms.